The molecule has 0 bridgehead atoms. The molecular weight excluding hydrogens is 482 g/mol. The Balaban J connectivity index is 1.58. The minimum Gasteiger partial charge on any atom is -0.357 e. The number of anilines is 1. The Morgan fingerprint density at radius 3 is 2.56 bits per heavy atom. The Hall–Kier alpha value is -3.44. The maximum Gasteiger partial charge on any atom is 0.272 e. The summed E-state index contributed by atoms with van der Waals surface area (Å²) in [5, 5.41) is 7.26. The summed E-state index contributed by atoms with van der Waals surface area (Å²) in [6.45, 7) is 3.28. The van der Waals surface area contributed by atoms with Gasteiger partial charge in [0, 0.05) is 38.3 Å². The topological polar surface area (TPSA) is 105 Å². The van der Waals surface area contributed by atoms with Crippen LogP contribution in [0.3, 0.4) is 0 Å². The first-order valence-electron chi connectivity index (χ1n) is 11.6. The molecule has 0 saturated heterocycles. The highest BCUT2D eigenvalue weighted by molar-refractivity contribution is 6.05. The summed E-state index contributed by atoms with van der Waals surface area (Å²) in [6.07, 6.45) is -0.965. The number of hydrogen-bond acceptors (Lipinski definition) is 4. The van der Waals surface area contributed by atoms with E-state index in [0.29, 0.717) is 30.5 Å². The Morgan fingerprint density at radius 2 is 1.94 bits per heavy atom. The fraction of sp³-hybridized carbons (Fsp3) is 0.500. The molecule has 0 spiro atoms. The quantitative estimate of drug-likeness (QED) is 0.499. The first-order valence-corrected chi connectivity index (χ1v) is 11.6. The van der Waals surface area contributed by atoms with Gasteiger partial charge in [0.2, 0.25) is 11.8 Å². The molecule has 0 radical (unpaired) electrons. The van der Waals surface area contributed by atoms with Crippen molar-refractivity contribution in [3.8, 4) is 0 Å². The van der Waals surface area contributed by atoms with Crippen molar-refractivity contribution in [2.45, 2.75) is 70.1 Å². The zero-order valence-corrected chi connectivity index (χ0v) is 20.1. The van der Waals surface area contributed by atoms with Gasteiger partial charge < -0.3 is 20.5 Å². The summed E-state index contributed by atoms with van der Waals surface area (Å²) < 4.78 is 57.2. The van der Waals surface area contributed by atoms with Gasteiger partial charge in [0.15, 0.2) is 5.82 Å². The SMILES string of the molecule is CNC(=O)C1(NC(=O)Cc2c(C)c(C(=O)Nc3ccnc(C(C)F)c3F)n3c2CCC3)CC(F)(F)C1. The molecule has 1 saturated carbocycles. The van der Waals surface area contributed by atoms with E-state index in [4.69, 9.17) is 0 Å². The predicted octanol–water partition coefficient (Wildman–Crippen LogP) is 3.13. The number of halogens is 4. The number of hydrogen-bond donors (Lipinski definition) is 3. The molecule has 0 aromatic carbocycles. The van der Waals surface area contributed by atoms with Gasteiger partial charge in [-0.3, -0.25) is 19.4 Å². The summed E-state index contributed by atoms with van der Waals surface area (Å²) in [5.74, 6) is -5.96. The van der Waals surface area contributed by atoms with Crippen molar-refractivity contribution in [2.75, 3.05) is 12.4 Å². The maximum atomic E-state index is 14.6. The molecule has 1 aliphatic heterocycles. The fourth-order valence-electron chi connectivity index (χ4n) is 5.19. The molecule has 2 aromatic heterocycles. The average molecular weight is 510 g/mol. The molecule has 1 aliphatic carbocycles. The lowest BCUT2D eigenvalue weighted by Crippen LogP contribution is -2.69. The highest BCUT2D eigenvalue weighted by atomic mass is 19.3. The Bertz CT molecular complexity index is 1230. The normalized spacial score (nSPS) is 18.1. The number of pyridine rings is 1. The maximum absolute atomic E-state index is 14.6. The predicted molar refractivity (Wildman–Crippen MR) is 122 cm³/mol. The molecule has 3 amide bonds. The van der Waals surface area contributed by atoms with E-state index in [2.05, 4.69) is 20.9 Å². The molecule has 194 valence electrons. The van der Waals surface area contributed by atoms with Crippen LogP contribution in [0.15, 0.2) is 12.3 Å². The molecular formula is C24H27F4N5O3. The second-order valence-electron chi connectivity index (χ2n) is 9.38. The van der Waals surface area contributed by atoms with Gasteiger partial charge in [-0.25, -0.2) is 17.6 Å². The summed E-state index contributed by atoms with van der Waals surface area (Å²) in [5.41, 5.74) is -0.313. The number of carbonyl (C=O) groups is 3. The summed E-state index contributed by atoms with van der Waals surface area (Å²) in [6, 6.07) is 1.23. The monoisotopic (exact) mass is 509 g/mol. The lowest BCUT2D eigenvalue weighted by Gasteiger charge is -2.45. The van der Waals surface area contributed by atoms with Gasteiger partial charge in [0.25, 0.3) is 11.8 Å². The van der Waals surface area contributed by atoms with Gasteiger partial charge in [0.05, 0.1) is 12.1 Å². The third-order valence-electron chi connectivity index (χ3n) is 6.80. The number of amides is 3. The van der Waals surface area contributed by atoms with Crippen LogP contribution in [0.5, 0.6) is 0 Å². The van der Waals surface area contributed by atoms with E-state index in [1.54, 1.807) is 11.5 Å². The second-order valence-corrected chi connectivity index (χ2v) is 9.38. The van der Waals surface area contributed by atoms with Gasteiger partial charge in [0.1, 0.15) is 23.1 Å². The highest BCUT2D eigenvalue weighted by Crippen LogP contribution is 2.46. The van der Waals surface area contributed by atoms with Crippen molar-refractivity contribution in [1.29, 1.82) is 0 Å². The zero-order valence-electron chi connectivity index (χ0n) is 20.1. The van der Waals surface area contributed by atoms with Gasteiger partial charge >= 0.3 is 0 Å². The molecule has 1 atom stereocenters. The molecule has 4 rings (SSSR count). The van der Waals surface area contributed by atoms with Crippen LogP contribution in [0.1, 0.15) is 65.4 Å². The summed E-state index contributed by atoms with van der Waals surface area (Å²) in [4.78, 5) is 41.9. The summed E-state index contributed by atoms with van der Waals surface area (Å²) >= 11 is 0. The van der Waals surface area contributed by atoms with Gasteiger partial charge in [-0.05, 0) is 43.9 Å². The highest BCUT2D eigenvalue weighted by Gasteiger charge is 2.61. The Labute approximate surface area is 204 Å². The van der Waals surface area contributed by atoms with Gasteiger partial charge in [-0.1, -0.05) is 0 Å². The summed E-state index contributed by atoms with van der Waals surface area (Å²) in [7, 11) is 1.31. The third-order valence-corrected chi connectivity index (χ3v) is 6.80. The van der Waals surface area contributed by atoms with Crippen molar-refractivity contribution in [1.82, 2.24) is 20.2 Å². The van der Waals surface area contributed by atoms with E-state index in [1.807, 2.05) is 0 Å². The zero-order chi connectivity index (χ0) is 26.4. The van der Waals surface area contributed by atoms with E-state index in [-0.39, 0.29) is 17.8 Å². The van der Waals surface area contributed by atoms with Gasteiger partial charge in [-0.15, -0.1) is 0 Å². The van der Waals surface area contributed by atoms with E-state index < -0.39 is 59.7 Å². The number of rotatable bonds is 7. The molecule has 36 heavy (non-hydrogen) atoms. The lowest BCUT2D eigenvalue weighted by molar-refractivity contribution is -0.165. The van der Waals surface area contributed by atoms with Crippen molar-refractivity contribution in [2.24, 2.45) is 0 Å². The minimum absolute atomic E-state index is 0.216. The van der Waals surface area contributed by atoms with Crippen LogP contribution in [0, 0.1) is 12.7 Å². The number of carbonyl (C=O) groups excluding carboxylic acids is 3. The van der Waals surface area contributed by atoms with Crippen LogP contribution in [0.4, 0.5) is 23.2 Å². The van der Waals surface area contributed by atoms with E-state index in [1.165, 1.54) is 19.3 Å². The van der Waals surface area contributed by atoms with Crippen LogP contribution in [-0.2, 0) is 29.0 Å². The molecule has 2 aromatic rings. The van der Waals surface area contributed by atoms with Crippen LogP contribution in [0.2, 0.25) is 0 Å². The first-order chi connectivity index (χ1) is 16.9. The number of alkyl halides is 3. The van der Waals surface area contributed by atoms with Gasteiger partial charge in [-0.2, -0.15) is 0 Å². The average Bonchev–Trinajstić information content (AvgIpc) is 3.34. The number of nitrogens with zero attached hydrogens (tertiary/aromatic N) is 2. The number of likely N-dealkylation sites (N-methyl/N-ethyl adjacent to an activating group) is 1. The van der Waals surface area contributed by atoms with E-state index in [0.717, 1.165) is 12.6 Å². The van der Waals surface area contributed by atoms with Crippen molar-refractivity contribution >= 4 is 23.4 Å². The standard InChI is InChI=1S/C24H27F4N5O3/c1-12-14(9-17(34)32-23(22(36)29-3)10-24(27,28)11-23)16-5-4-8-33(16)20(12)21(35)31-15-6-7-30-19(13(2)25)18(15)26/h6-7,13H,4-5,8-11H2,1-3H3,(H,29,36)(H,32,34)(H,30,31,35). The van der Waals surface area contributed by atoms with E-state index in [9.17, 15) is 31.9 Å². The number of nitrogens with one attached hydrogen (secondary N) is 3. The molecule has 12 heteroatoms. The van der Waals surface area contributed by atoms with Crippen LogP contribution in [0.25, 0.3) is 0 Å². The van der Waals surface area contributed by atoms with Crippen LogP contribution >= 0.6 is 0 Å². The van der Waals surface area contributed by atoms with Crippen molar-refractivity contribution in [3.05, 3.63) is 46.3 Å². The van der Waals surface area contributed by atoms with Crippen molar-refractivity contribution in [3.63, 3.8) is 0 Å². The molecule has 3 N–H and O–H groups in total. The molecule has 1 fully saturated rings. The molecule has 8 nitrogen and oxygen atoms in total. The smallest absolute Gasteiger partial charge is 0.272 e. The first kappa shape index (κ1) is 25.6. The van der Waals surface area contributed by atoms with Crippen molar-refractivity contribution < 1.29 is 31.9 Å². The molecule has 2 aliphatic rings. The molecule has 1 unspecified atom stereocenters. The minimum atomic E-state index is -3.04. The number of fused-ring (bicyclic) bond motifs is 1. The second kappa shape index (κ2) is 9.21. The Morgan fingerprint density at radius 1 is 1.25 bits per heavy atom. The lowest BCUT2D eigenvalue weighted by atomic mass is 9.72. The van der Waals surface area contributed by atoms with Crippen LogP contribution in [-0.4, -0.2) is 45.8 Å². The largest absolute Gasteiger partial charge is 0.357 e. The van der Waals surface area contributed by atoms with Crippen LogP contribution < -0.4 is 16.0 Å². The Kier molecular flexibility index (Phi) is 6.56. The van der Waals surface area contributed by atoms with E-state index >= 15 is 0 Å². The molecule has 3 heterocycles. The fourth-order valence-corrected chi connectivity index (χ4v) is 5.19. The number of aromatic nitrogens is 2. The third kappa shape index (κ3) is 4.44.